The van der Waals surface area contributed by atoms with Crippen LogP contribution in [0.3, 0.4) is 0 Å². The van der Waals surface area contributed by atoms with Crippen molar-refractivity contribution in [2.75, 3.05) is 0 Å². The fourth-order valence-corrected chi connectivity index (χ4v) is 1.05. The summed E-state index contributed by atoms with van der Waals surface area (Å²) in [6.07, 6.45) is 1.42. The minimum Gasteiger partial charge on any atom is -0.272 e. The van der Waals surface area contributed by atoms with Gasteiger partial charge >= 0.3 is 0 Å². The van der Waals surface area contributed by atoms with Crippen LogP contribution in [-0.2, 0) is 16.0 Å². The molecule has 0 heterocycles. The van der Waals surface area contributed by atoms with Gasteiger partial charge in [0.15, 0.2) is 0 Å². The fourth-order valence-electron chi connectivity index (χ4n) is 1.05. The van der Waals surface area contributed by atoms with Crippen LogP contribution in [0, 0.1) is 5.82 Å². The first-order valence-corrected chi connectivity index (χ1v) is 4.08. The third-order valence-corrected chi connectivity index (χ3v) is 1.74. The number of aryl methyl sites for hydroxylation is 1. The Labute approximate surface area is 80.3 Å². The van der Waals surface area contributed by atoms with Crippen LogP contribution >= 0.6 is 0 Å². The molecular formula is C10H8FNO2. The Balaban J connectivity index is 2.58. The number of aliphatic imine (C=N–C) groups is 1. The number of rotatable bonds is 3. The summed E-state index contributed by atoms with van der Waals surface area (Å²) in [5.41, 5.74) is 0.446. The predicted molar refractivity (Wildman–Crippen MR) is 47.8 cm³/mol. The molecule has 0 aliphatic heterocycles. The molecule has 0 spiro atoms. The lowest BCUT2D eigenvalue weighted by atomic mass is 10.1. The summed E-state index contributed by atoms with van der Waals surface area (Å²) in [6, 6.07) is 6.17. The molecule has 0 fully saturated rings. The van der Waals surface area contributed by atoms with Crippen molar-refractivity contribution >= 4 is 12.0 Å². The molecule has 14 heavy (non-hydrogen) atoms. The van der Waals surface area contributed by atoms with E-state index in [0.29, 0.717) is 5.56 Å². The van der Waals surface area contributed by atoms with Gasteiger partial charge in [-0.2, -0.15) is 0 Å². The molecule has 72 valence electrons. The normalized spacial score (nSPS) is 9.21. The highest BCUT2D eigenvalue weighted by Gasteiger charge is 2.03. The van der Waals surface area contributed by atoms with Crippen LogP contribution in [0.1, 0.15) is 12.0 Å². The Hall–Kier alpha value is -1.80. The van der Waals surface area contributed by atoms with Crippen molar-refractivity contribution in [1.82, 2.24) is 0 Å². The summed E-state index contributed by atoms with van der Waals surface area (Å²) >= 11 is 0. The maximum atomic E-state index is 13.0. The zero-order valence-corrected chi connectivity index (χ0v) is 7.37. The summed E-state index contributed by atoms with van der Waals surface area (Å²) < 4.78 is 13.0. The van der Waals surface area contributed by atoms with Gasteiger partial charge in [0.2, 0.25) is 6.08 Å². The van der Waals surface area contributed by atoms with Gasteiger partial charge in [-0.05, 0) is 18.1 Å². The topological polar surface area (TPSA) is 46.5 Å². The Bertz CT molecular complexity index is 383. The van der Waals surface area contributed by atoms with Gasteiger partial charge in [-0.15, -0.1) is 4.99 Å². The van der Waals surface area contributed by atoms with Crippen molar-refractivity contribution in [2.24, 2.45) is 4.99 Å². The number of carbonyl (C=O) groups is 1. The quantitative estimate of drug-likeness (QED) is 0.541. The Morgan fingerprint density at radius 2 is 2.14 bits per heavy atom. The van der Waals surface area contributed by atoms with Gasteiger partial charge in [0, 0.05) is 6.42 Å². The lowest BCUT2D eigenvalue weighted by Gasteiger charge is -1.99. The fraction of sp³-hybridized carbons (Fsp3) is 0.200. The van der Waals surface area contributed by atoms with Crippen LogP contribution in [0.4, 0.5) is 4.39 Å². The Kier molecular flexibility index (Phi) is 3.70. The van der Waals surface area contributed by atoms with Gasteiger partial charge in [0.1, 0.15) is 5.82 Å². The molecule has 0 aliphatic rings. The van der Waals surface area contributed by atoms with Gasteiger partial charge in [-0.25, -0.2) is 9.18 Å². The Morgan fingerprint density at radius 1 is 1.43 bits per heavy atom. The second-order valence-electron chi connectivity index (χ2n) is 2.69. The van der Waals surface area contributed by atoms with Gasteiger partial charge in [0.05, 0.1) is 0 Å². The summed E-state index contributed by atoms with van der Waals surface area (Å²) in [6.45, 7) is 0. The molecule has 0 aromatic heterocycles. The summed E-state index contributed by atoms with van der Waals surface area (Å²) in [4.78, 5) is 23.4. The first kappa shape index (κ1) is 10.3. The first-order chi connectivity index (χ1) is 6.74. The molecule has 0 unspecified atom stereocenters. The third-order valence-electron chi connectivity index (χ3n) is 1.74. The van der Waals surface area contributed by atoms with Crippen molar-refractivity contribution < 1.29 is 14.0 Å². The number of halogens is 1. The second kappa shape index (κ2) is 5.04. The largest absolute Gasteiger partial charge is 0.272 e. The van der Waals surface area contributed by atoms with E-state index >= 15 is 0 Å². The van der Waals surface area contributed by atoms with E-state index in [2.05, 4.69) is 4.99 Å². The van der Waals surface area contributed by atoms with E-state index in [1.807, 2.05) is 0 Å². The second-order valence-corrected chi connectivity index (χ2v) is 2.69. The molecule has 1 amide bonds. The Morgan fingerprint density at radius 3 is 2.79 bits per heavy atom. The molecule has 0 atom stereocenters. The molecule has 0 saturated heterocycles. The zero-order valence-electron chi connectivity index (χ0n) is 7.37. The number of hydrogen-bond acceptors (Lipinski definition) is 2. The van der Waals surface area contributed by atoms with Crippen LogP contribution in [0.2, 0.25) is 0 Å². The molecule has 0 saturated carbocycles. The summed E-state index contributed by atoms with van der Waals surface area (Å²) in [7, 11) is 0. The molecular weight excluding hydrogens is 185 g/mol. The number of hydrogen-bond donors (Lipinski definition) is 0. The number of amides is 1. The van der Waals surface area contributed by atoms with Crippen LogP contribution in [-0.4, -0.2) is 12.0 Å². The molecule has 1 rings (SSSR count). The molecule has 0 N–H and O–H groups in total. The number of benzene rings is 1. The van der Waals surface area contributed by atoms with E-state index in [0.717, 1.165) is 6.08 Å². The molecule has 3 nitrogen and oxygen atoms in total. The predicted octanol–water partition coefficient (Wildman–Crippen LogP) is 1.62. The van der Waals surface area contributed by atoms with E-state index < -0.39 is 5.91 Å². The third kappa shape index (κ3) is 2.92. The van der Waals surface area contributed by atoms with Crippen molar-refractivity contribution in [2.45, 2.75) is 12.8 Å². The van der Waals surface area contributed by atoms with E-state index in [1.165, 1.54) is 6.07 Å². The lowest BCUT2D eigenvalue weighted by molar-refractivity contribution is -0.117. The highest BCUT2D eigenvalue weighted by Crippen LogP contribution is 2.08. The van der Waals surface area contributed by atoms with Gasteiger partial charge < -0.3 is 0 Å². The average Bonchev–Trinajstić information content (AvgIpc) is 2.17. The van der Waals surface area contributed by atoms with Crippen LogP contribution < -0.4 is 0 Å². The number of nitrogens with zero attached hydrogens (tertiary/aromatic N) is 1. The van der Waals surface area contributed by atoms with Crippen molar-refractivity contribution in [3.8, 4) is 0 Å². The maximum Gasteiger partial charge on any atom is 0.256 e. The lowest BCUT2D eigenvalue weighted by Crippen LogP contribution is -1.97. The van der Waals surface area contributed by atoms with E-state index in [9.17, 15) is 14.0 Å². The van der Waals surface area contributed by atoms with Crippen molar-refractivity contribution in [3.05, 3.63) is 35.6 Å². The minimum atomic E-state index is -0.580. The molecule has 4 heteroatoms. The van der Waals surface area contributed by atoms with Crippen molar-refractivity contribution in [3.63, 3.8) is 0 Å². The highest BCUT2D eigenvalue weighted by molar-refractivity contribution is 5.81. The number of isocyanates is 1. The van der Waals surface area contributed by atoms with Crippen LogP contribution in [0.15, 0.2) is 29.3 Å². The zero-order chi connectivity index (χ0) is 10.4. The highest BCUT2D eigenvalue weighted by atomic mass is 19.1. The summed E-state index contributed by atoms with van der Waals surface area (Å²) in [5.74, 6) is -0.932. The monoisotopic (exact) mass is 193 g/mol. The standard InChI is InChI=1S/C10H8FNO2/c11-9-4-2-1-3-8(9)5-6-10(14)12-7-13/h1-4H,5-6H2. The molecule has 1 aromatic carbocycles. The maximum absolute atomic E-state index is 13.0. The number of carbonyl (C=O) groups excluding carboxylic acids is 2. The van der Waals surface area contributed by atoms with E-state index in [1.54, 1.807) is 18.2 Å². The molecule has 0 aliphatic carbocycles. The van der Waals surface area contributed by atoms with E-state index in [-0.39, 0.29) is 18.7 Å². The van der Waals surface area contributed by atoms with Gasteiger partial charge in [0.25, 0.3) is 5.91 Å². The molecule has 0 radical (unpaired) electrons. The van der Waals surface area contributed by atoms with Gasteiger partial charge in [-0.1, -0.05) is 18.2 Å². The van der Waals surface area contributed by atoms with Gasteiger partial charge in [-0.3, -0.25) is 4.79 Å². The average molecular weight is 193 g/mol. The van der Waals surface area contributed by atoms with Crippen molar-refractivity contribution in [1.29, 1.82) is 0 Å². The smallest absolute Gasteiger partial charge is 0.256 e. The van der Waals surface area contributed by atoms with E-state index in [4.69, 9.17) is 0 Å². The molecule has 1 aromatic rings. The minimum absolute atomic E-state index is 0.0240. The van der Waals surface area contributed by atoms with Crippen LogP contribution in [0.25, 0.3) is 0 Å². The SMILES string of the molecule is O=C=NC(=O)CCc1ccccc1F. The van der Waals surface area contributed by atoms with Crippen LogP contribution in [0.5, 0.6) is 0 Å². The first-order valence-electron chi connectivity index (χ1n) is 4.08. The molecule has 0 bridgehead atoms. The summed E-state index contributed by atoms with van der Waals surface area (Å²) in [5, 5.41) is 0.